The minimum absolute atomic E-state index is 0.0121. The summed E-state index contributed by atoms with van der Waals surface area (Å²) < 4.78 is 59.2. The van der Waals surface area contributed by atoms with Crippen LogP contribution in [0.15, 0.2) is 12.3 Å². The first-order valence-electron chi connectivity index (χ1n) is 16.1. The van der Waals surface area contributed by atoms with Crippen LogP contribution in [0.25, 0.3) is 32.2 Å². The maximum atomic E-state index is 16.7. The number of halogens is 3. The number of hydrogen-bond acceptors (Lipinski definition) is 11. The fourth-order valence-corrected chi connectivity index (χ4v) is 8.34. The molecule has 4 aliphatic rings. The number of morpholine rings is 1. The molecule has 1 saturated carbocycles. The van der Waals surface area contributed by atoms with Crippen LogP contribution in [-0.2, 0) is 4.74 Å². The maximum Gasteiger partial charge on any atom is 0.319 e. The molecule has 0 amide bonds. The molecule has 1 aromatic carbocycles. The third-order valence-corrected chi connectivity index (χ3v) is 11.2. The van der Waals surface area contributed by atoms with Gasteiger partial charge in [-0.2, -0.15) is 15.2 Å². The van der Waals surface area contributed by atoms with Gasteiger partial charge < -0.3 is 25.4 Å². The van der Waals surface area contributed by atoms with Crippen molar-refractivity contribution in [3.63, 3.8) is 0 Å². The highest BCUT2D eigenvalue weighted by Gasteiger charge is 2.46. The summed E-state index contributed by atoms with van der Waals surface area (Å²) in [7, 11) is 0. The molecule has 3 saturated heterocycles. The lowest BCUT2D eigenvalue weighted by atomic mass is 10.0. The average molecular weight is 665 g/mol. The SMILES string of the molecule is C[C@@H]1CO[C@@H](C)CN1CC1(COc2nc(N3CC4CCC(C3)N4)c3cnc(-c4c(F)cc(F)c5sc(N)c(C#N)c45)c(F)c3n2)CC1. The van der Waals surface area contributed by atoms with Gasteiger partial charge in [0.1, 0.15) is 39.7 Å². The fraction of sp³-hybridized carbons (Fsp3) is 0.515. The number of hydrogen-bond donors (Lipinski definition) is 2. The van der Waals surface area contributed by atoms with Gasteiger partial charge in [-0.15, -0.1) is 11.3 Å². The van der Waals surface area contributed by atoms with Crippen LogP contribution in [0, 0.1) is 34.2 Å². The summed E-state index contributed by atoms with van der Waals surface area (Å²) in [6.07, 6.45) is 5.67. The molecule has 3 N–H and O–H groups in total. The Labute approximate surface area is 273 Å². The van der Waals surface area contributed by atoms with Crippen LogP contribution in [0.2, 0.25) is 0 Å². The number of pyridine rings is 1. The van der Waals surface area contributed by atoms with E-state index in [0.717, 1.165) is 50.1 Å². The molecule has 6 heterocycles. The van der Waals surface area contributed by atoms with Crippen molar-refractivity contribution in [1.82, 2.24) is 25.2 Å². The molecule has 8 rings (SSSR count). The summed E-state index contributed by atoms with van der Waals surface area (Å²) in [5.41, 5.74) is 5.00. The highest BCUT2D eigenvalue weighted by molar-refractivity contribution is 7.23. The summed E-state index contributed by atoms with van der Waals surface area (Å²) in [4.78, 5) is 18.3. The second kappa shape index (κ2) is 11.4. The molecule has 1 aliphatic carbocycles. The number of nitrogens with two attached hydrogens (primary N) is 1. The lowest BCUT2D eigenvalue weighted by Gasteiger charge is -2.38. The molecule has 4 aromatic rings. The fourth-order valence-electron chi connectivity index (χ4n) is 7.40. The van der Waals surface area contributed by atoms with Gasteiger partial charge in [-0.1, -0.05) is 0 Å². The Morgan fingerprint density at radius 2 is 1.91 bits per heavy atom. The van der Waals surface area contributed by atoms with Gasteiger partial charge in [-0.05, 0) is 39.5 Å². The Bertz CT molecular complexity index is 1930. The van der Waals surface area contributed by atoms with E-state index in [0.29, 0.717) is 49.6 Å². The van der Waals surface area contributed by atoms with E-state index in [1.807, 2.05) is 6.07 Å². The number of thiophene rings is 1. The number of piperazine rings is 1. The van der Waals surface area contributed by atoms with Crippen LogP contribution in [0.5, 0.6) is 6.01 Å². The highest BCUT2D eigenvalue weighted by atomic mass is 32.1. The molecule has 246 valence electrons. The summed E-state index contributed by atoms with van der Waals surface area (Å²) in [5, 5.41) is 13.7. The summed E-state index contributed by atoms with van der Waals surface area (Å²) in [6, 6.07) is 3.48. The molecule has 10 nitrogen and oxygen atoms in total. The zero-order valence-electron chi connectivity index (χ0n) is 26.2. The van der Waals surface area contributed by atoms with Gasteiger partial charge in [-0.25, -0.2) is 13.2 Å². The maximum absolute atomic E-state index is 16.7. The molecular formula is C33H35F3N8O2S. The van der Waals surface area contributed by atoms with Gasteiger partial charge in [0.05, 0.1) is 35.0 Å². The van der Waals surface area contributed by atoms with Gasteiger partial charge in [0, 0.05) is 72.9 Å². The molecule has 3 aliphatic heterocycles. The Hall–Kier alpha value is -3.77. The van der Waals surface area contributed by atoms with Gasteiger partial charge in [0.2, 0.25) is 0 Å². The summed E-state index contributed by atoms with van der Waals surface area (Å²) in [6.45, 7) is 8.36. The zero-order valence-corrected chi connectivity index (χ0v) is 27.0. The predicted octanol–water partition coefficient (Wildman–Crippen LogP) is 4.99. The van der Waals surface area contributed by atoms with Gasteiger partial charge >= 0.3 is 6.01 Å². The van der Waals surface area contributed by atoms with Crippen LogP contribution < -0.4 is 20.7 Å². The van der Waals surface area contributed by atoms with Crippen molar-refractivity contribution in [2.75, 3.05) is 50.0 Å². The molecule has 4 atom stereocenters. The smallest absolute Gasteiger partial charge is 0.319 e. The van der Waals surface area contributed by atoms with Crippen molar-refractivity contribution in [2.24, 2.45) is 5.41 Å². The molecule has 14 heteroatoms. The van der Waals surface area contributed by atoms with E-state index in [4.69, 9.17) is 20.2 Å². The topological polar surface area (TPSA) is 125 Å². The zero-order chi connectivity index (χ0) is 32.6. The van der Waals surface area contributed by atoms with E-state index in [1.165, 1.54) is 6.20 Å². The quantitative estimate of drug-likeness (QED) is 0.279. The van der Waals surface area contributed by atoms with Crippen LogP contribution >= 0.6 is 11.3 Å². The molecule has 2 bridgehead atoms. The van der Waals surface area contributed by atoms with Gasteiger partial charge in [0.25, 0.3) is 0 Å². The number of anilines is 2. The predicted molar refractivity (Wildman–Crippen MR) is 173 cm³/mol. The number of ether oxygens (including phenoxy) is 2. The Balaban J connectivity index is 1.21. The van der Waals surface area contributed by atoms with Crippen LogP contribution in [0.4, 0.5) is 24.0 Å². The van der Waals surface area contributed by atoms with Crippen LogP contribution in [0.1, 0.15) is 45.1 Å². The number of nitrogens with one attached hydrogen (secondary N) is 1. The molecule has 47 heavy (non-hydrogen) atoms. The Morgan fingerprint density at radius 3 is 2.64 bits per heavy atom. The van der Waals surface area contributed by atoms with Crippen LogP contribution in [-0.4, -0.2) is 83.5 Å². The van der Waals surface area contributed by atoms with Gasteiger partial charge in [-0.3, -0.25) is 9.88 Å². The van der Waals surface area contributed by atoms with Crippen molar-refractivity contribution >= 4 is 43.1 Å². The first-order valence-corrected chi connectivity index (χ1v) is 16.9. The largest absolute Gasteiger partial charge is 0.463 e. The molecule has 3 aromatic heterocycles. The number of nitriles is 1. The first kappa shape index (κ1) is 30.6. The minimum atomic E-state index is -1.05. The lowest BCUT2D eigenvalue weighted by molar-refractivity contribution is -0.0580. The van der Waals surface area contributed by atoms with Crippen molar-refractivity contribution in [2.45, 2.75) is 63.8 Å². The molecule has 2 unspecified atom stereocenters. The van der Waals surface area contributed by atoms with E-state index < -0.39 is 17.5 Å². The highest BCUT2D eigenvalue weighted by Crippen LogP contribution is 2.48. The van der Waals surface area contributed by atoms with E-state index in [-0.39, 0.29) is 67.0 Å². The molecular weight excluding hydrogens is 629 g/mol. The third-order valence-electron chi connectivity index (χ3n) is 10.1. The number of rotatable bonds is 7. The number of nitrogen functional groups attached to an aromatic ring is 1. The van der Waals surface area contributed by atoms with E-state index >= 15 is 8.78 Å². The molecule has 0 radical (unpaired) electrons. The van der Waals surface area contributed by atoms with Crippen LogP contribution in [0.3, 0.4) is 0 Å². The Kier molecular flexibility index (Phi) is 7.43. The second-order valence-electron chi connectivity index (χ2n) is 13.6. The standard InChI is InChI=1S/C33H35F3N8O2S/c1-16-13-45-17(2)10-44(16)14-33(5-6-33)15-46-32-41-27-21(31(42-32)43-11-18-3-4-19(12-43)40-18)9-39-28(26(27)36)25-22(34)7-23(35)29-24(25)20(8-37)30(38)47-29/h7,9,16-19,40H,3-6,10-15,38H2,1-2H3/t16-,17+,18?,19?/m1/s1. The van der Waals surface area contributed by atoms with E-state index in [1.54, 1.807) is 0 Å². The van der Waals surface area contributed by atoms with E-state index in [9.17, 15) is 9.65 Å². The van der Waals surface area contributed by atoms with E-state index in [2.05, 4.69) is 38.9 Å². The third kappa shape index (κ3) is 5.33. The Morgan fingerprint density at radius 1 is 1.15 bits per heavy atom. The number of aromatic nitrogens is 3. The number of benzene rings is 1. The molecule has 4 fully saturated rings. The number of nitrogens with zero attached hydrogens (tertiary/aromatic N) is 6. The van der Waals surface area contributed by atoms with Crippen molar-refractivity contribution in [3.8, 4) is 23.3 Å². The van der Waals surface area contributed by atoms with Gasteiger partial charge in [0.15, 0.2) is 5.82 Å². The second-order valence-corrected chi connectivity index (χ2v) is 14.7. The first-order chi connectivity index (χ1) is 22.6. The average Bonchev–Trinajstić information content (AvgIpc) is 3.61. The summed E-state index contributed by atoms with van der Waals surface area (Å²) in [5.74, 6) is -2.35. The lowest BCUT2D eigenvalue weighted by Crippen LogP contribution is -2.51. The molecule has 0 spiro atoms. The minimum Gasteiger partial charge on any atom is -0.463 e. The normalized spacial score (nSPS) is 25.4. The van der Waals surface area contributed by atoms with Crippen molar-refractivity contribution < 1.29 is 22.6 Å². The monoisotopic (exact) mass is 664 g/mol. The van der Waals surface area contributed by atoms with Crippen molar-refractivity contribution in [3.05, 3.63) is 35.3 Å². The summed E-state index contributed by atoms with van der Waals surface area (Å²) >= 11 is 0.809. The number of fused-ring (bicyclic) bond motifs is 4. The van der Waals surface area contributed by atoms with Crippen molar-refractivity contribution in [1.29, 1.82) is 5.26 Å².